The van der Waals surface area contributed by atoms with Gasteiger partial charge in [-0.3, -0.25) is 4.98 Å². The van der Waals surface area contributed by atoms with E-state index in [1.54, 1.807) is 0 Å². The summed E-state index contributed by atoms with van der Waals surface area (Å²) in [4.78, 5) is 4.33. The Balaban J connectivity index is 2.04. The van der Waals surface area contributed by atoms with Crippen molar-refractivity contribution in [1.82, 2.24) is 4.98 Å². The molecular weight excluding hydrogens is 258 g/mol. The van der Waals surface area contributed by atoms with Gasteiger partial charge in [-0.2, -0.15) is 5.26 Å². The van der Waals surface area contributed by atoms with Crippen molar-refractivity contribution in [3.8, 4) is 6.07 Å². The molecule has 0 aliphatic heterocycles. The van der Waals surface area contributed by atoms with Crippen molar-refractivity contribution in [2.45, 2.75) is 13.8 Å². The summed E-state index contributed by atoms with van der Waals surface area (Å²) in [5.41, 5.74) is 4.01. The first-order valence-electron chi connectivity index (χ1n) is 6.81. The fraction of sp³-hybridized carbons (Fsp3) is 0.111. The van der Waals surface area contributed by atoms with E-state index < -0.39 is 0 Å². The number of nitrogens with one attached hydrogen (secondary N) is 1. The van der Waals surface area contributed by atoms with Crippen molar-refractivity contribution in [1.29, 1.82) is 5.26 Å². The molecule has 0 saturated carbocycles. The molecule has 1 aromatic heterocycles. The Kier molecular flexibility index (Phi) is 3.29. The molecule has 21 heavy (non-hydrogen) atoms. The van der Waals surface area contributed by atoms with E-state index in [9.17, 15) is 5.26 Å². The van der Waals surface area contributed by atoms with Gasteiger partial charge in [0.05, 0.1) is 16.9 Å². The van der Waals surface area contributed by atoms with E-state index in [0.717, 1.165) is 22.8 Å². The first-order chi connectivity index (χ1) is 10.2. The van der Waals surface area contributed by atoms with Crippen LogP contribution in [0.3, 0.4) is 0 Å². The molecule has 0 unspecified atom stereocenters. The molecule has 0 fully saturated rings. The molecule has 0 saturated heterocycles. The molecule has 0 radical (unpaired) electrons. The van der Waals surface area contributed by atoms with Gasteiger partial charge >= 0.3 is 0 Å². The van der Waals surface area contributed by atoms with Gasteiger partial charge in [0.15, 0.2) is 0 Å². The third kappa shape index (κ3) is 2.56. The van der Waals surface area contributed by atoms with Gasteiger partial charge in [0.2, 0.25) is 0 Å². The van der Waals surface area contributed by atoms with Gasteiger partial charge in [0.25, 0.3) is 0 Å². The summed E-state index contributed by atoms with van der Waals surface area (Å²) in [6, 6.07) is 18.5. The molecule has 0 amide bonds. The van der Waals surface area contributed by atoms with Crippen molar-refractivity contribution in [3.05, 3.63) is 65.5 Å². The lowest BCUT2D eigenvalue weighted by atomic mass is 10.1. The standard InChI is InChI=1S/C18H15N3/c1-12-9-18(17(11-19)13(2)20-12)21-16-8-7-14-5-3-4-6-15(14)10-16/h3-10H,1-2H3,(H,20,21). The predicted octanol–water partition coefficient (Wildman–Crippen LogP) is 4.47. The lowest BCUT2D eigenvalue weighted by molar-refractivity contribution is 1.11. The van der Waals surface area contributed by atoms with Crippen molar-refractivity contribution >= 4 is 22.1 Å². The fourth-order valence-electron chi connectivity index (χ4n) is 2.49. The summed E-state index contributed by atoms with van der Waals surface area (Å²) >= 11 is 0. The van der Waals surface area contributed by atoms with Crippen LogP contribution in [0.25, 0.3) is 10.8 Å². The molecule has 2 aromatic carbocycles. The Morgan fingerprint density at radius 2 is 1.76 bits per heavy atom. The van der Waals surface area contributed by atoms with Gasteiger partial charge in [-0.1, -0.05) is 30.3 Å². The normalized spacial score (nSPS) is 10.3. The Bertz CT molecular complexity index is 860. The quantitative estimate of drug-likeness (QED) is 0.749. The van der Waals surface area contributed by atoms with Gasteiger partial charge in [0.1, 0.15) is 6.07 Å². The average Bonchev–Trinajstić information content (AvgIpc) is 2.47. The van der Waals surface area contributed by atoms with E-state index in [1.807, 2.05) is 38.1 Å². The van der Waals surface area contributed by atoms with Crippen molar-refractivity contribution in [2.75, 3.05) is 5.32 Å². The molecule has 3 heteroatoms. The maximum Gasteiger partial charge on any atom is 0.103 e. The molecule has 3 rings (SSSR count). The van der Waals surface area contributed by atoms with Gasteiger partial charge in [-0.05, 0) is 42.8 Å². The lowest BCUT2D eigenvalue weighted by Crippen LogP contribution is -1.99. The van der Waals surface area contributed by atoms with Crippen LogP contribution in [-0.2, 0) is 0 Å². The molecule has 0 atom stereocenters. The van der Waals surface area contributed by atoms with Gasteiger partial charge < -0.3 is 5.32 Å². The number of pyridine rings is 1. The van der Waals surface area contributed by atoms with E-state index in [-0.39, 0.29) is 0 Å². The first kappa shape index (κ1) is 13.1. The zero-order chi connectivity index (χ0) is 14.8. The van der Waals surface area contributed by atoms with Crippen LogP contribution in [0, 0.1) is 25.2 Å². The minimum atomic E-state index is 0.591. The highest BCUT2D eigenvalue weighted by atomic mass is 14.9. The van der Waals surface area contributed by atoms with Crippen LogP contribution in [0.15, 0.2) is 48.5 Å². The third-order valence-corrected chi connectivity index (χ3v) is 3.47. The van der Waals surface area contributed by atoms with Gasteiger partial charge in [0, 0.05) is 11.4 Å². The molecule has 0 aliphatic rings. The van der Waals surface area contributed by atoms with Crippen LogP contribution in [0.4, 0.5) is 11.4 Å². The molecule has 3 aromatic rings. The van der Waals surface area contributed by atoms with Gasteiger partial charge in [-0.15, -0.1) is 0 Å². The highest BCUT2D eigenvalue weighted by Crippen LogP contribution is 2.25. The molecule has 0 bridgehead atoms. The molecule has 1 N–H and O–H groups in total. The summed E-state index contributed by atoms with van der Waals surface area (Å²) in [5, 5.41) is 15.0. The Morgan fingerprint density at radius 1 is 1.00 bits per heavy atom. The highest BCUT2D eigenvalue weighted by Gasteiger charge is 2.08. The molecule has 0 spiro atoms. The Hall–Kier alpha value is -2.86. The van der Waals surface area contributed by atoms with Crippen LogP contribution >= 0.6 is 0 Å². The van der Waals surface area contributed by atoms with E-state index in [0.29, 0.717) is 5.56 Å². The summed E-state index contributed by atoms with van der Waals surface area (Å²) in [7, 11) is 0. The number of aromatic nitrogens is 1. The lowest BCUT2D eigenvalue weighted by Gasteiger charge is -2.11. The topological polar surface area (TPSA) is 48.7 Å². The summed E-state index contributed by atoms with van der Waals surface area (Å²) < 4.78 is 0. The molecule has 102 valence electrons. The van der Waals surface area contributed by atoms with E-state index >= 15 is 0 Å². The molecule has 0 aliphatic carbocycles. The maximum atomic E-state index is 9.31. The molecule has 3 nitrogen and oxygen atoms in total. The summed E-state index contributed by atoms with van der Waals surface area (Å²) in [5.74, 6) is 0. The molecular formula is C18H15N3. The summed E-state index contributed by atoms with van der Waals surface area (Å²) in [6.45, 7) is 3.79. The Labute approximate surface area is 123 Å². The van der Waals surface area contributed by atoms with Crippen LogP contribution in [-0.4, -0.2) is 4.98 Å². The first-order valence-corrected chi connectivity index (χ1v) is 6.81. The monoisotopic (exact) mass is 273 g/mol. The number of nitriles is 1. The van der Waals surface area contributed by atoms with Crippen LogP contribution in [0.2, 0.25) is 0 Å². The number of hydrogen-bond acceptors (Lipinski definition) is 3. The number of anilines is 2. The van der Waals surface area contributed by atoms with Crippen molar-refractivity contribution in [2.24, 2.45) is 0 Å². The number of fused-ring (bicyclic) bond motifs is 1. The maximum absolute atomic E-state index is 9.31. The average molecular weight is 273 g/mol. The second-order valence-corrected chi connectivity index (χ2v) is 5.07. The van der Waals surface area contributed by atoms with Crippen LogP contribution < -0.4 is 5.32 Å². The number of hydrogen-bond donors (Lipinski definition) is 1. The second kappa shape index (κ2) is 5.26. The molecule has 1 heterocycles. The Morgan fingerprint density at radius 3 is 2.52 bits per heavy atom. The highest BCUT2D eigenvalue weighted by molar-refractivity contribution is 5.86. The number of benzene rings is 2. The fourth-order valence-corrected chi connectivity index (χ4v) is 2.49. The smallest absolute Gasteiger partial charge is 0.103 e. The largest absolute Gasteiger partial charge is 0.354 e. The number of nitrogens with zero attached hydrogens (tertiary/aromatic N) is 2. The third-order valence-electron chi connectivity index (χ3n) is 3.47. The zero-order valence-corrected chi connectivity index (χ0v) is 12.0. The van der Waals surface area contributed by atoms with E-state index in [4.69, 9.17) is 0 Å². The minimum absolute atomic E-state index is 0.591. The predicted molar refractivity (Wildman–Crippen MR) is 85.7 cm³/mol. The van der Waals surface area contributed by atoms with E-state index in [2.05, 4.69) is 40.6 Å². The van der Waals surface area contributed by atoms with E-state index in [1.165, 1.54) is 10.8 Å². The van der Waals surface area contributed by atoms with Crippen molar-refractivity contribution < 1.29 is 0 Å². The zero-order valence-electron chi connectivity index (χ0n) is 12.0. The van der Waals surface area contributed by atoms with Gasteiger partial charge in [-0.25, -0.2) is 0 Å². The van der Waals surface area contributed by atoms with Crippen molar-refractivity contribution in [3.63, 3.8) is 0 Å². The SMILES string of the molecule is Cc1cc(Nc2ccc3ccccc3c2)c(C#N)c(C)n1. The van der Waals surface area contributed by atoms with Crippen LogP contribution in [0.5, 0.6) is 0 Å². The van der Waals surface area contributed by atoms with Crippen LogP contribution in [0.1, 0.15) is 17.0 Å². The number of aryl methyl sites for hydroxylation is 2. The summed E-state index contributed by atoms with van der Waals surface area (Å²) in [6.07, 6.45) is 0. The second-order valence-electron chi connectivity index (χ2n) is 5.07. The number of rotatable bonds is 2. The minimum Gasteiger partial charge on any atom is -0.354 e.